The van der Waals surface area contributed by atoms with Crippen molar-refractivity contribution in [3.05, 3.63) is 83.9 Å². The van der Waals surface area contributed by atoms with Gasteiger partial charge in [-0.05, 0) is 42.2 Å². The summed E-state index contributed by atoms with van der Waals surface area (Å²) in [5, 5.41) is 2.96. The summed E-state index contributed by atoms with van der Waals surface area (Å²) < 4.78 is 16.6. The van der Waals surface area contributed by atoms with Crippen molar-refractivity contribution in [1.82, 2.24) is 4.90 Å². The van der Waals surface area contributed by atoms with Crippen LogP contribution in [0.25, 0.3) is 0 Å². The minimum atomic E-state index is -0.142. The van der Waals surface area contributed by atoms with Crippen molar-refractivity contribution < 1.29 is 23.8 Å². The number of hydrogen-bond donors (Lipinski definition) is 1. The Morgan fingerprint density at radius 1 is 0.914 bits per heavy atom. The second kappa shape index (κ2) is 10.5. The highest BCUT2D eigenvalue weighted by Gasteiger charge is 2.28. The van der Waals surface area contributed by atoms with E-state index in [2.05, 4.69) is 17.4 Å². The summed E-state index contributed by atoms with van der Waals surface area (Å²) in [5.74, 6) is 1.80. The molecule has 0 unspecified atom stereocenters. The third-order valence-electron chi connectivity index (χ3n) is 6.42. The molecule has 7 nitrogen and oxygen atoms in total. The van der Waals surface area contributed by atoms with Crippen LogP contribution in [0.15, 0.2) is 72.8 Å². The highest BCUT2D eigenvalue weighted by atomic mass is 16.7. The van der Waals surface area contributed by atoms with Gasteiger partial charge in [-0.15, -0.1) is 0 Å². The minimum Gasteiger partial charge on any atom is -0.483 e. The molecule has 3 aromatic carbocycles. The summed E-state index contributed by atoms with van der Waals surface area (Å²) in [6.45, 7) is 1.25. The first-order valence-electron chi connectivity index (χ1n) is 11.9. The average molecular weight is 473 g/mol. The number of likely N-dealkylation sites (tertiary alicyclic amines) is 1. The zero-order valence-electron chi connectivity index (χ0n) is 19.4. The van der Waals surface area contributed by atoms with Gasteiger partial charge in [-0.3, -0.25) is 9.59 Å². The molecule has 1 fully saturated rings. The van der Waals surface area contributed by atoms with Crippen LogP contribution in [0.5, 0.6) is 17.2 Å². The number of piperidine rings is 1. The Balaban J connectivity index is 1.10. The first-order valence-corrected chi connectivity index (χ1v) is 11.9. The van der Waals surface area contributed by atoms with Crippen LogP contribution < -0.4 is 19.5 Å². The lowest BCUT2D eigenvalue weighted by Gasteiger charge is -2.31. The van der Waals surface area contributed by atoms with E-state index < -0.39 is 0 Å². The first kappa shape index (κ1) is 22.8. The summed E-state index contributed by atoms with van der Waals surface area (Å²) in [5.41, 5.74) is 2.92. The number of benzene rings is 3. The van der Waals surface area contributed by atoms with Gasteiger partial charge < -0.3 is 24.4 Å². The summed E-state index contributed by atoms with van der Waals surface area (Å²) in [7, 11) is 0. The topological polar surface area (TPSA) is 77.1 Å². The number of carbonyl (C=O) groups is 2. The van der Waals surface area contributed by atoms with Gasteiger partial charge >= 0.3 is 0 Å². The molecule has 0 spiro atoms. The number of nitrogens with one attached hydrogen (secondary N) is 1. The predicted molar refractivity (Wildman–Crippen MR) is 132 cm³/mol. The number of fused-ring (bicyclic) bond motifs is 1. The van der Waals surface area contributed by atoms with Gasteiger partial charge in [0.15, 0.2) is 18.1 Å². The van der Waals surface area contributed by atoms with Gasteiger partial charge in [0.05, 0.1) is 0 Å². The molecule has 180 valence electrons. The van der Waals surface area contributed by atoms with Gasteiger partial charge in [0, 0.05) is 37.2 Å². The SMILES string of the molecule is O=C(Nc1ccc2c(c1)OCO2)C1CCN(C(=O)COc2ccccc2Cc2ccccc2)CC1. The van der Waals surface area contributed by atoms with Gasteiger partial charge in [0.1, 0.15) is 5.75 Å². The number of anilines is 1. The quantitative estimate of drug-likeness (QED) is 0.556. The average Bonchev–Trinajstić information content (AvgIpc) is 3.37. The lowest BCUT2D eigenvalue weighted by molar-refractivity contribution is -0.136. The molecule has 2 heterocycles. The van der Waals surface area contributed by atoms with Crippen LogP contribution in [0.2, 0.25) is 0 Å². The standard InChI is InChI=1S/C28H28N2O5/c31-27(18-33-24-9-5-4-8-22(24)16-20-6-2-1-3-7-20)30-14-12-21(13-15-30)28(32)29-23-10-11-25-26(17-23)35-19-34-25/h1-11,17,21H,12-16,18-19H2,(H,29,32). The van der Waals surface area contributed by atoms with E-state index in [0.717, 1.165) is 17.7 Å². The van der Waals surface area contributed by atoms with Crippen LogP contribution in [-0.4, -0.2) is 43.2 Å². The van der Waals surface area contributed by atoms with E-state index in [4.69, 9.17) is 14.2 Å². The number of ether oxygens (including phenoxy) is 3. The third kappa shape index (κ3) is 5.57. The summed E-state index contributed by atoms with van der Waals surface area (Å²) in [6, 6.07) is 23.4. The second-order valence-electron chi connectivity index (χ2n) is 8.77. The number of nitrogens with zero attached hydrogens (tertiary/aromatic N) is 1. The highest BCUT2D eigenvalue weighted by molar-refractivity contribution is 5.93. The molecule has 1 saturated heterocycles. The molecule has 0 saturated carbocycles. The Morgan fingerprint density at radius 3 is 2.49 bits per heavy atom. The fraction of sp³-hybridized carbons (Fsp3) is 0.286. The number of carbonyl (C=O) groups excluding carboxylic acids is 2. The largest absolute Gasteiger partial charge is 0.483 e. The smallest absolute Gasteiger partial charge is 0.260 e. The van der Waals surface area contributed by atoms with Gasteiger partial charge in [-0.1, -0.05) is 48.5 Å². The molecule has 7 heteroatoms. The molecule has 1 N–H and O–H groups in total. The fourth-order valence-electron chi connectivity index (χ4n) is 4.45. The maximum Gasteiger partial charge on any atom is 0.260 e. The third-order valence-corrected chi connectivity index (χ3v) is 6.42. The molecule has 0 radical (unpaired) electrons. The van der Waals surface area contributed by atoms with Crippen LogP contribution in [-0.2, 0) is 16.0 Å². The van der Waals surface area contributed by atoms with Crippen molar-refractivity contribution in [2.75, 3.05) is 31.8 Å². The van der Waals surface area contributed by atoms with Gasteiger partial charge in [0.2, 0.25) is 12.7 Å². The number of hydrogen-bond acceptors (Lipinski definition) is 5. The van der Waals surface area contributed by atoms with Crippen LogP contribution in [0.1, 0.15) is 24.0 Å². The lowest BCUT2D eigenvalue weighted by atomic mass is 9.95. The molecular formula is C28H28N2O5. The normalized spacial score (nSPS) is 15.0. The van der Waals surface area contributed by atoms with E-state index >= 15 is 0 Å². The Hall–Kier alpha value is -4.00. The monoisotopic (exact) mass is 472 g/mol. The summed E-state index contributed by atoms with van der Waals surface area (Å²) in [6.07, 6.45) is 1.98. The van der Waals surface area contributed by atoms with Crippen molar-refractivity contribution in [2.45, 2.75) is 19.3 Å². The van der Waals surface area contributed by atoms with Crippen LogP contribution >= 0.6 is 0 Å². The molecule has 2 aliphatic rings. The number of amides is 2. The minimum absolute atomic E-state index is 0.0140. The van der Waals surface area contributed by atoms with Crippen molar-refractivity contribution in [1.29, 1.82) is 0 Å². The van der Waals surface area contributed by atoms with Crippen molar-refractivity contribution in [3.63, 3.8) is 0 Å². The molecule has 3 aromatic rings. The molecule has 0 bridgehead atoms. The Kier molecular flexibility index (Phi) is 6.84. The molecule has 0 aromatic heterocycles. The van der Waals surface area contributed by atoms with Gasteiger partial charge in [0.25, 0.3) is 5.91 Å². The van der Waals surface area contributed by atoms with E-state index in [1.165, 1.54) is 5.56 Å². The van der Waals surface area contributed by atoms with Crippen LogP contribution in [0, 0.1) is 5.92 Å². The van der Waals surface area contributed by atoms with Gasteiger partial charge in [-0.25, -0.2) is 0 Å². The second-order valence-corrected chi connectivity index (χ2v) is 8.77. The zero-order valence-corrected chi connectivity index (χ0v) is 19.4. The van der Waals surface area contributed by atoms with Crippen molar-refractivity contribution in [3.8, 4) is 17.2 Å². The van der Waals surface area contributed by atoms with E-state index in [9.17, 15) is 9.59 Å². The summed E-state index contributed by atoms with van der Waals surface area (Å²) in [4.78, 5) is 27.3. The molecule has 35 heavy (non-hydrogen) atoms. The zero-order chi connectivity index (χ0) is 24.0. The van der Waals surface area contributed by atoms with Crippen molar-refractivity contribution >= 4 is 17.5 Å². The van der Waals surface area contributed by atoms with E-state index in [0.29, 0.717) is 43.1 Å². The molecule has 0 atom stereocenters. The van der Waals surface area contributed by atoms with E-state index in [1.54, 1.807) is 23.1 Å². The lowest BCUT2D eigenvalue weighted by Crippen LogP contribution is -2.43. The predicted octanol–water partition coefficient (Wildman–Crippen LogP) is 4.26. The molecule has 2 amide bonds. The highest BCUT2D eigenvalue weighted by Crippen LogP contribution is 2.34. The van der Waals surface area contributed by atoms with Crippen LogP contribution in [0.4, 0.5) is 5.69 Å². The molecule has 5 rings (SSSR count). The maximum atomic E-state index is 12.8. The Labute approximate surface area is 204 Å². The Morgan fingerprint density at radius 2 is 1.66 bits per heavy atom. The summed E-state index contributed by atoms with van der Waals surface area (Å²) >= 11 is 0. The maximum absolute atomic E-state index is 12.8. The van der Waals surface area contributed by atoms with Crippen molar-refractivity contribution in [2.24, 2.45) is 5.92 Å². The molecular weight excluding hydrogens is 444 g/mol. The number of para-hydroxylation sites is 1. The first-order chi connectivity index (χ1) is 17.2. The fourth-order valence-corrected chi connectivity index (χ4v) is 4.45. The molecule has 0 aliphatic carbocycles. The number of rotatable bonds is 7. The molecule has 2 aliphatic heterocycles. The van der Waals surface area contributed by atoms with Gasteiger partial charge in [-0.2, -0.15) is 0 Å². The van der Waals surface area contributed by atoms with E-state index in [-0.39, 0.29) is 31.1 Å². The van der Waals surface area contributed by atoms with E-state index in [1.807, 2.05) is 42.5 Å². The van der Waals surface area contributed by atoms with Crippen LogP contribution in [0.3, 0.4) is 0 Å². The Bertz CT molecular complexity index is 1190.